The Morgan fingerprint density at radius 2 is 2.20 bits per heavy atom. The highest BCUT2D eigenvalue weighted by atomic mass is 19.1. The average Bonchev–Trinajstić information content (AvgIpc) is 2.44. The van der Waals surface area contributed by atoms with Crippen molar-refractivity contribution >= 4 is 5.78 Å². The number of ether oxygens (including phenoxy) is 3. The Balaban J connectivity index is 2.14. The van der Waals surface area contributed by atoms with E-state index in [1.54, 1.807) is 7.11 Å². The predicted molar refractivity (Wildman–Crippen MR) is 72.0 cm³/mol. The first-order chi connectivity index (χ1) is 9.65. The van der Waals surface area contributed by atoms with Gasteiger partial charge in [-0.2, -0.15) is 0 Å². The molecule has 1 aliphatic rings. The molecule has 4 nitrogen and oxygen atoms in total. The molecule has 1 aliphatic heterocycles. The van der Waals surface area contributed by atoms with Crippen LogP contribution in [0.3, 0.4) is 0 Å². The topological polar surface area (TPSA) is 44.8 Å². The summed E-state index contributed by atoms with van der Waals surface area (Å²) in [7, 11) is 1.60. The van der Waals surface area contributed by atoms with Gasteiger partial charge in [0.25, 0.3) is 0 Å². The number of methoxy groups -OCH3 is 1. The molecule has 1 heterocycles. The van der Waals surface area contributed by atoms with Gasteiger partial charge in [-0.05, 0) is 12.5 Å². The molecule has 2 rings (SSSR count). The van der Waals surface area contributed by atoms with Gasteiger partial charge in [0.1, 0.15) is 11.9 Å². The van der Waals surface area contributed by atoms with Crippen molar-refractivity contribution in [2.45, 2.75) is 32.3 Å². The Bertz CT molecular complexity index is 487. The maximum atomic E-state index is 13.9. The first-order valence-electron chi connectivity index (χ1n) is 6.80. The van der Waals surface area contributed by atoms with Crippen molar-refractivity contribution in [2.24, 2.45) is 0 Å². The van der Waals surface area contributed by atoms with Gasteiger partial charge in [-0.1, -0.05) is 6.92 Å². The van der Waals surface area contributed by atoms with Crippen LogP contribution in [0.5, 0.6) is 11.5 Å². The zero-order valence-electron chi connectivity index (χ0n) is 11.8. The van der Waals surface area contributed by atoms with E-state index in [4.69, 9.17) is 14.2 Å². The Kier molecular flexibility index (Phi) is 4.95. The van der Waals surface area contributed by atoms with E-state index in [-0.39, 0.29) is 17.6 Å². The summed E-state index contributed by atoms with van der Waals surface area (Å²) in [6.07, 6.45) is 1.58. The molecule has 0 fully saturated rings. The number of carbonyl (C=O) groups excluding carboxylic acids is 1. The van der Waals surface area contributed by atoms with Gasteiger partial charge in [0, 0.05) is 32.6 Å². The zero-order chi connectivity index (χ0) is 14.5. The average molecular weight is 282 g/mol. The van der Waals surface area contributed by atoms with Crippen molar-refractivity contribution in [2.75, 3.05) is 20.3 Å². The summed E-state index contributed by atoms with van der Waals surface area (Å²) in [5.74, 6) is -0.0864. The molecular weight excluding hydrogens is 263 g/mol. The summed E-state index contributed by atoms with van der Waals surface area (Å²) in [4.78, 5) is 11.9. The second-order valence-electron chi connectivity index (χ2n) is 4.75. The monoisotopic (exact) mass is 282 g/mol. The van der Waals surface area contributed by atoms with Crippen LogP contribution in [0, 0.1) is 5.82 Å². The van der Waals surface area contributed by atoms with Crippen molar-refractivity contribution in [3.05, 3.63) is 23.5 Å². The van der Waals surface area contributed by atoms with E-state index >= 15 is 0 Å². The lowest BCUT2D eigenvalue weighted by Gasteiger charge is -2.24. The zero-order valence-corrected chi connectivity index (χ0v) is 11.8. The number of hydrogen-bond donors (Lipinski definition) is 0. The first kappa shape index (κ1) is 14.8. The van der Waals surface area contributed by atoms with Gasteiger partial charge in [0.15, 0.2) is 17.3 Å². The summed E-state index contributed by atoms with van der Waals surface area (Å²) >= 11 is 0. The molecule has 0 saturated carbocycles. The fraction of sp³-hybridized carbons (Fsp3) is 0.533. The van der Waals surface area contributed by atoms with Gasteiger partial charge in [-0.3, -0.25) is 4.79 Å². The van der Waals surface area contributed by atoms with Crippen LogP contribution in [-0.4, -0.2) is 32.2 Å². The third-order valence-corrected chi connectivity index (χ3v) is 3.25. The molecule has 1 aromatic rings. The summed E-state index contributed by atoms with van der Waals surface area (Å²) in [6, 6.07) is 2.67. The minimum absolute atomic E-state index is 0.0806. The molecule has 0 spiro atoms. The Morgan fingerprint density at radius 3 is 2.90 bits per heavy atom. The summed E-state index contributed by atoms with van der Waals surface area (Å²) in [5.41, 5.74) is 0.302. The van der Waals surface area contributed by atoms with Crippen molar-refractivity contribution in [1.82, 2.24) is 0 Å². The number of fused-ring (bicyclic) bond motifs is 1. The SMILES string of the molecule is CCC1CC(=O)c2cc(F)c(OCCCOC)cc2O1. The van der Waals surface area contributed by atoms with Crippen LogP contribution in [0.1, 0.15) is 36.5 Å². The lowest BCUT2D eigenvalue weighted by Crippen LogP contribution is -2.26. The van der Waals surface area contributed by atoms with Crippen LogP contribution < -0.4 is 9.47 Å². The third-order valence-electron chi connectivity index (χ3n) is 3.25. The highest BCUT2D eigenvalue weighted by molar-refractivity contribution is 6.00. The quantitative estimate of drug-likeness (QED) is 0.752. The molecule has 1 atom stereocenters. The van der Waals surface area contributed by atoms with Crippen molar-refractivity contribution in [1.29, 1.82) is 0 Å². The van der Waals surface area contributed by atoms with Crippen LogP contribution in [0.2, 0.25) is 0 Å². The molecule has 0 amide bonds. The molecule has 0 N–H and O–H groups in total. The summed E-state index contributed by atoms with van der Waals surface area (Å²) in [6.45, 7) is 2.86. The van der Waals surface area contributed by atoms with Gasteiger partial charge < -0.3 is 14.2 Å². The number of Topliss-reactive ketones (excluding diaryl/α,β-unsaturated/α-hetero) is 1. The number of carbonyl (C=O) groups is 1. The molecule has 110 valence electrons. The van der Waals surface area contributed by atoms with Gasteiger partial charge in [-0.15, -0.1) is 0 Å². The van der Waals surface area contributed by atoms with Crippen molar-refractivity contribution in [3.63, 3.8) is 0 Å². The molecular formula is C15H19FO4. The summed E-state index contributed by atoms with van der Waals surface area (Å²) in [5, 5.41) is 0. The standard InChI is InChI=1S/C15H19FO4/c1-3-10-7-13(17)11-8-12(16)15(9-14(11)20-10)19-6-4-5-18-2/h8-10H,3-7H2,1-2H3. The highest BCUT2D eigenvalue weighted by Gasteiger charge is 2.27. The second-order valence-corrected chi connectivity index (χ2v) is 4.75. The Labute approximate surface area is 117 Å². The third kappa shape index (κ3) is 3.28. The van der Waals surface area contributed by atoms with Crippen LogP contribution >= 0.6 is 0 Å². The van der Waals surface area contributed by atoms with Gasteiger partial charge in [-0.25, -0.2) is 4.39 Å². The number of halogens is 1. The van der Waals surface area contributed by atoms with Gasteiger partial charge in [0.05, 0.1) is 12.2 Å². The van der Waals surface area contributed by atoms with E-state index in [0.717, 1.165) is 6.42 Å². The maximum absolute atomic E-state index is 13.9. The summed E-state index contributed by atoms with van der Waals surface area (Å²) < 4.78 is 29.8. The largest absolute Gasteiger partial charge is 0.490 e. The fourth-order valence-corrected chi connectivity index (χ4v) is 2.11. The fourth-order valence-electron chi connectivity index (χ4n) is 2.11. The number of rotatable bonds is 6. The maximum Gasteiger partial charge on any atom is 0.170 e. The van der Waals surface area contributed by atoms with E-state index in [1.165, 1.54) is 12.1 Å². The van der Waals surface area contributed by atoms with E-state index in [2.05, 4.69) is 0 Å². The van der Waals surface area contributed by atoms with Gasteiger partial charge in [0.2, 0.25) is 0 Å². The molecule has 1 unspecified atom stereocenters. The number of hydrogen-bond acceptors (Lipinski definition) is 4. The molecule has 0 radical (unpaired) electrons. The first-order valence-corrected chi connectivity index (χ1v) is 6.80. The lowest BCUT2D eigenvalue weighted by atomic mass is 9.99. The molecule has 1 aromatic carbocycles. The normalized spacial score (nSPS) is 17.6. The minimum atomic E-state index is -0.534. The smallest absolute Gasteiger partial charge is 0.170 e. The van der Waals surface area contributed by atoms with Crippen molar-refractivity contribution in [3.8, 4) is 11.5 Å². The number of ketones is 1. The highest BCUT2D eigenvalue weighted by Crippen LogP contribution is 2.34. The van der Waals surface area contributed by atoms with E-state index in [0.29, 0.717) is 37.4 Å². The molecule has 0 aromatic heterocycles. The van der Waals surface area contributed by atoms with Gasteiger partial charge >= 0.3 is 0 Å². The minimum Gasteiger partial charge on any atom is -0.490 e. The van der Waals surface area contributed by atoms with E-state index in [9.17, 15) is 9.18 Å². The molecule has 5 heteroatoms. The van der Waals surface area contributed by atoms with Crippen LogP contribution in [-0.2, 0) is 4.74 Å². The van der Waals surface area contributed by atoms with Crippen LogP contribution in [0.4, 0.5) is 4.39 Å². The van der Waals surface area contributed by atoms with E-state index < -0.39 is 5.82 Å². The molecule has 20 heavy (non-hydrogen) atoms. The van der Waals surface area contributed by atoms with E-state index in [1.807, 2.05) is 6.92 Å². The second kappa shape index (κ2) is 6.70. The number of benzene rings is 1. The Morgan fingerprint density at radius 1 is 1.40 bits per heavy atom. The molecule has 0 bridgehead atoms. The molecule has 0 aliphatic carbocycles. The predicted octanol–water partition coefficient (Wildman–Crippen LogP) is 2.98. The Hall–Kier alpha value is -1.62. The van der Waals surface area contributed by atoms with Crippen molar-refractivity contribution < 1.29 is 23.4 Å². The van der Waals surface area contributed by atoms with Crippen LogP contribution in [0.25, 0.3) is 0 Å². The van der Waals surface area contributed by atoms with Crippen LogP contribution in [0.15, 0.2) is 12.1 Å². The molecule has 0 saturated heterocycles. The lowest BCUT2D eigenvalue weighted by molar-refractivity contribution is 0.0843.